The Morgan fingerprint density at radius 1 is 1.25 bits per heavy atom. The number of carbonyl (C=O) groups is 1. The first-order valence-corrected chi connectivity index (χ1v) is 9.52. The zero-order valence-electron chi connectivity index (χ0n) is 15.3. The molecule has 1 unspecified atom stereocenters. The van der Waals surface area contributed by atoms with E-state index < -0.39 is 6.23 Å². The minimum atomic E-state index is -0.917. The smallest absolute Gasteiger partial charge is 0.307 e. The highest BCUT2D eigenvalue weighted by atomic mass is 79.9. The van der Waals surface area contributed by atoms with Gasteiger partial charge >= 0.3 is 5.97 Å². The first-order valence-electron chi connectivity index (χ1n) is 8.73. The Labute approximate surface area is 170 Å². The van der Waals surface area contributed by atoms with Crippen molar-refractivity contribution in [3.8, 4) is 11.6 Å². The Bertz CT molecular complexity index is 1060. The number of aromatic nitrogens is 3. The summed E-state index contributed by atoms with van der Waals surface area (Å²) in [4.78, 5) is 25.7. The van der Waals surface area contributed by atoms with Crippen molar-refractivity contribution in [2.24, 2.45) is 4.99 Å². The first kappa shape index (κ1) is 18.4. The van der Waals surface area contributed by atoms with E-state index in [1.807, 2.05) is 41.0 Å². The number of pyridine rings is 1. The van der Waals surface area contributed by atoms with E-state index in [2.05, 4.69) is 25.9 Å². The normalized spacial score (nSPS) is 15.1. The van der Waals surface area contributed by atoms with Gasteiger partial charge in [0.1, 0.15) is 0 Å². The highest BCUT2D eigenvalue weighted by molar-refractivity contribution is 9.10. The van der Waals surface area contributed by atoms with Gasteiger partial charge in [0, 0.05) is 22.7 Å². The molecule has 142 valence electrons. The average Bonchev–Trinajstić information content (AvgIpc) is 3.10. The van der Waals surface area contributed by atoms with Gasteiger partial charge in [0.15, 0.2) is 5.82 Å². The van der Waals surface area contributed by atoms with Crippen LogP contribution >= 0.6 is 15.9 Å². The summed E-state index contributed by atoms with van der Waals surface area (Å²) < 4.78 is 13.8. The van der Waals surface area contributed by atoms with E-state index in [1.165, 1.54) is 0 Å². The lowest BCUT2D eigenvalue weighted by atomic mass is 10.0. The first-order chi connectivity index (χ1) is 13.6. The van der Waals surface area contributed by atoms with Gasteiger partial charge in [-0.15, -0.1) is 0 Å². The summed E-state index contributed by atoms with van der Waals surface area (Å²) >= 11 is 3.53. The van der Waals surface area contributed by atoms with Crippen molar-refractivity contribution in [2.45, 2.75) is 19.6 Å². The van der Waals surface area contributed by atoms with Gasteiger partial charge in [-0.3, -0.25) is 14.3 Å². The molecule has 0 saturated heterocycles. The molecule has 1 aliphatic heterocycles. The number of ether oxygens (including phenoxy) is 2. The van der Waals surface area contributed by atoms with E-state index in [4.69, 9.17) is 14.5 Å². The summed E-state index contributed by atoms with van der Waals surface area (Å²) in [5.74, 6) is 0.622. The van der Waals surface area contributed by atoms with Gasteiger partial charge in [0.2, 0.25) is 5.88 Å². The number of imidazole rings is 1. The van der Waals surface area contributed by atoms with Crippen LogP contribution in [0.25, 0.3) is 5.69 Å². The Morgan fingerprint density at radius 3 is 2.82 bits per heavy atom. The number of fused-ring (bicyclic) bond motifs is 3. The highest BCUT2D eigenvalue weighted by Gasteiger charge is 2.31. The fourth-order valence-electron chi connectivity index (χ4n) is 3.04. The minimum Gasteiger partial charge on any atom is -0.481 e. The van der Waals surface area contributed by atoms with Crippen LogP contribution in [0, 0.1) is 0 Å². The fraction of sp³-hybridized carbons (Fsp3) is 0.200. The van der Waals surface area contributed by atoms with E-state index in [1.54, 1.807) is 26.4 Å². The summed E-state index contributed by atoms with van der Waals surface area (Å²) in [6.07, 6.45) is 2.61. The molecular formula is C20H17BrN4O3. The number of benzene rings is 1. The van der Waals surface area contributed by atoms with E-state index in [0.29, 0.717) is 23.1 Å². The number of hydrogen-bond acceptors (Lipinski definition) is 6. The number of nitrogens with zero attached hydrogens (tertiary/aromatic N) is 4. The van der Waals surface area contributed by atoms with Crippen molar-refractivity contribution < 1.29 is 14.3 Å². The maximum Gasteiger partial charge on any atom is 0.307 e. The number of esters is 1. The zero-order chi connectivity index (χ0) is 19.7. The standard InChI is InChI=1S/C20H17BrN4O3/c1-3-17(26)28-20-19-23-11-16(27-2)25(19)15-8-7-12(21)10-13(15)18(24-20)14-6-4-5-9-22-14/h4-11,20H,3H2,1-2H3. The predicted molar refractivity (Wildman–Crippen MR) is 107 cm³/mol. The van der Waals surface area contributed by atoms with Crippen LogP contribution in [0.4, 0.5) is 0 Å². The van der Waals surface area contributed by atoms with Gasteiger partial charge in [-0.2, -0.15) is 0 Å². The van der Waals surface area contributed by atoms with Crippen LogP contribution in [0.2, 0.25) is 0 Å². The Kier molecular flexibility index (Phi) is 4.95. The third-order valence-corrected chi connectivity index (χ3v) is 4.82. The molecule has 1 aliphatic rings. The molecule has 3 aromatic rings. The molecular weight excluding hydrogens is 424 g/mol. The van der Waals surface area contributed by atoms with Crippen LogP contribution in [0.5, 0.6) is 5.88 Å². The molecule has 0 aliphatic carbocycles. The van der Waals surface area contributed by atoms with Crippen LogP contribution in [0.1, 0.15) is 36.7 Å². The van der Waals surface area contributed by atoms with Gasteiger partial charge in [-0.25, -0.2) is 9.98 Å². The fourth-order valence-corrected chi connectivity index (χ4v) is 3.40. The molecule has 1 aromatic carbocycles. The van der Waals surface area contributed by atoms with Crippen LogP contribution < -0.4 is 4.74 Å². The van der Waals surface area contributed by atoms with Gasteiger partial charge < -0.3 is 9.47 Å². The largest absolute Gasteiger partial charge is 0.481 e. The molecule has 2 aromatic heterocycles. The molecule has 8 heteroatoms. The Morgan fingerprint density at radius 2 is 2.11 bits per heavy atom. The second kappa shape index (κ2) is 7.55. The molecule has 0 saturated carbocycles. The van der Waals surface area contributed by atoms with Crippen molar-refractivity contribution in [1.29, 1.82) is 0 Å². The molecule has 4 rings (SSSR count). The molecule has 0 N–H and O–H groups in total. The van der Waals surface area contributed by atoms with E-state index in [-0.39, 0.29) is 12.4 Å². The number of carbonyl (C=O) groups excluding carboxylic acids is 1. The van der Waals surface area contributed by atoms with Crippen molar-refractivity contribution in [2.75, 3.05) is 7.11 Å². The summed E-state index contributed by atoms with van der Waals surface area (Å²) in [6.45, 7) is 1.74. The summed E-state index contributed by atoms with van der Waals surface area (Å²) in [6, 6.07) is 11.4. The lowest BCUT2D eigenvalue weighted by molar-refractivity contribution is -0.149. The van der Waals surface area contributed by atoms with E-state index in [0.717, 1.165) is 15.7 Å². The molecule has 3 heterocycles. The number of rotatable bonds is 4. The topological polar surface area (TPSA) is 78.6 Å². The molecule has 0 radical (unpaired) electrons. The number of hydrogen-bond donors (Lipinski definition) is 0. The Hall–Kier alpha value is -3.00. The average molecular weight is 441 g/mol. The van der Waals surface area contributed by atoms with Crippen molar-refractivity contribution in [1.82, 2.24) is 14.5 Å². The second-order valence-electron chi connectivity index (χ2n) is 6.04. The van der Waals surface area contributed by atoms with Crippen LogP contribution in [-0.4, -0.2) is 33.3 Å². The molecule has 0 bridgehead atoms. The third kappa shape index (κ3) is 3.20. The lowest BCUT2D eigenvalue weighted by Crippen LogP contribution is -2.13. The van der Waals surface area contributed by atoms with Gasteiger partial charge in [0.05, 0.1) is 30.4 Å². The molecule has 1 atom stereocenters. The number of halogens is 1. The van der Waals surface area contributed by atoms with E-state index >= 15 is 0 Å². The van der Waals surface area contributed by atoms with Crippen LogP contribution in [0.15, 0.2) is 58.3 Å². The summed E-state index contributed by atoms with van der Waals surface area (Å²) in [7, 11) is 1.57. The summed E-state index contributed by atoms with van der Waals surface area (Å²) in [5, 5.41) is 0. The van der Waals surface area contributed by atoms with Gasteiger partial charge in [-0.05, 0) is 30.3 Å². The SMILES string of the molecule is CCC(=O)OC1N=C(c2ccccn2)c2cc(Br)ccc2-n2c(OC)cnc21. The molecule has 0 amide bonds. The molecule has 0 spiro atoms. The lowest BCUT2D eigenvalue weighted by Gasteiger charge is -2.14. The van der Waals surface area contributed by atoms with Crippen LogP contribution in [-0.2, 0) is 9.53 Å². The Balaban J connectivity index is 2.01. The van der Waals surface area contributed by atoms with Gasteiger partial charge in [0.25, 0.3) is 6.23 Å². The second-order valence-corrected chi connectivity index (χ2v) is 6.96. The zero-order valence-corrected chi connectivity index (χ0v) is 16.9. The van der Waals surface area contributed by atoms with Crippen molar-refractivity contribution in [3.05, 3.63) is 70.3 Å². The summed E-state index contributed by atoms with van der Waals surface area (Å²) in [5.41, 5.74) is 2.91. The van der Waals surface area contributed by atoms with Gasteiger partial charge in [-0.1, -0.05) is 28.9 Å². The minimum absolute atomic E-state index is 0.237. The maximum absolute atomic E-state index is 12.1. The highest BCUT2D eigenvalue weighted by Crippen LogP contribution is 2.35. The van der Waals surface area contributed by atoms with Crippen molar-refractivity contribution >= 4 is 27.6 Å². The maximum atomic E-state index is 12.1. The van der Waals surface area contributed by atoms with E-state index in [9.17, 15) is 4.79 Å². The van der Waals surface area contributed by atoms with Crippen LogP contribution in [0.3, 0.4) is 0 Å². The third-order valence-electron chi connectivity index (χ3n) is 4.33. The number of aliphatic imine (C=N–C) groups is 1. The predicted octanol–water partition coefficient (Wildman–Crippen LogP) is 3.84. The number of methoxy groups -OCH3 is 1. The van der Waals surface area contributed by atoms with Crippen molar-refractivity contribution in [3.63, 3.8) is 0 Å². The molecule has 0 fully saturated rings. The molecule has 7 nitrogen and oxygen atoms in total. The quantitative estimate of drug-likeness (QED) is 0.575. The monoisotopic (exact) mass is 440 g/mol. The molecule has 28 heavy (non-hydrogen) atoms.